The van der Waals surface area contributed by atoms with E-state index in [1.54, 1.807) is 6.07 Å². The number of aryl methyl sites for hydroxylation is 1. The van der Waals surface area contributed by atoms with Crippen LogP contribution >= 0.6 is 11.6 Å². The van der Waals surface area contributed by atoms with Crippen molar-refractivity contribution in [2.45, 2.75) is 39.2 Å². The number of benzene rings is 1. The molecule has 0 bridgehead atoms. The van der Waals surface area contributed by atoms with Gasteiger partial charge in [0.25, 0.3) is 0 Å². The van der Waals surface area contributed by atoms with E-state index in [1.807, 2.05) is 30.3 Å². The van der Waals surface area contributed by atoms with Gasteiger partial charge in [0, 0.05) is 12.2 Å². The Balaban J connectivity index is 2.21. The molecule has 1 aromatic carbocycles. The van der Waals surface area contributed by atoms with Gasteiger partial charge in [-0.25, -0.2) is 4.98 Å². The molecule has 122 valence electrons. The van der Waals surface area contributed by atoms with Gasteiger partial charge in [-0.3, -0.25) is 10.1 Å². The van der Waals surface area contributed by atoms with Crippen LogP contribution in [0, 0.1) is 10.1 Å². The summed E-state index contributed by atoms with van der Waals surface area (Å²) in [6, 6.07) is 11.5. The quantitative estimate of drug-likeness (QED) is 0.320. The molecular formula is C17H20ClN3O2. The van der Waals surface area contributed by atoms with Crippen LogP contribution < -0.4 is 5.32 Å². The minimum absolute atomic E-state index is 0.0560. The molecule has 2 rings (SSSR count). The molecule has 0 amide bonds. The van der Waals surface area contributed by atoms with Crippen LogP contribution in [0.25, 0.3) is 0 Å². The van der Waals surface area contributed by atoms with Crippen LogP contribution in [0.15, 0.2) is 36.4 Å². The molecule has 23 heavy (non-hydrogen) atoms. The summed E-state index contributed by atoms with van der Waals surface area (Å²) in [5, 5.41) is 14.3. The molecule has 0 aliphatic heterocycles. The molecule has 0 atom stereocenters. The SMILES string of the molecule is CCCCCc1cc(NCc2ccccc2)c([N+](=O)[O-])c(Cl)n1. The minimum Gasteiger partial charge on any atom is -0.375 e. The van der Waals surface area contributed by atoms with Gasteiger partial charge in [-0.05, 0) is 24.5 Å². The average Bonchev–Trinajstić information content (AvgIpc) is 2.53. The maximum absolute atomic E-state index is 11.3. The third-order valence-corrected chi connectivity index (χ3v) is 3.81. The van der Waals surface area contributed by atoms with Gasteiger partial charge in [0.15, 0.2) is 0 Å². The molecule has 5 nitrogen and oxygen atoms in total. The number of hydrogen-bond donors (Lipinski definition) is 1. The van der Waals surface area contributed by atoms with E-state index >= 15 is 0 Å². The smallest absolute Gasteiger partial charge is 0.329 e. The highest BCUT2D eigenvalue weighted by atomic mass is 35.5. The molecule has 0 saturated heterocycles. The molecule has 1 N–H and O–H groups in total. The first-order valence-corrected chi connectivity index (χ1v) is 8.11. The summed E-state index contributed by atoms with van der Waals surface area (Å²) in [7, 11) is 0. The summed E-state index contributed by atoms with van der Waals surface area (Å²) in [6.07, 6.45) is 3.98. The van der Waals surface area contributed by atoms with E-state index in [0.717, 1.165) is 36.9 Å². The Kier molecular flexibility index (Phi) is 6.35. The lowest BCUT2D eigenvalue weighted by molar-refractivity contribution is -0.384. The van der Waals surface area contributed by atoms with Crippen molar-refractivity contribution < 1.29 is 4.92 Å². The molecular weight excluding hydrogens is 314 g/mol. The van der Waals surface area contributed by atoms with Gasteiger partial charge in [0.2, 0.25) is 5.15 Å². The molecule has 2 aromatic rings. The third-order valence-electron chi connectivity index (χ3n) is 3.55. The van der Waals surface area contributed by atoms with E-state index in [1.165, 1.54) is 0 Å². The number of pyridine rings is 1. The summed E-state index contributed by atoms with van der Waals surface area (Å²) in [4.78, 5) is 14.9. The van der Waals surface area contributed by atoms with Gasteiger partial charge in [0.1, 0.15) is 5.69 Å². The zero-order valence-corrected chi connectivity index (χ0v) is 13.8. The van der Waals surface area contributed by atoms with Crippen LogP contribution in [0.5, 0.6) is 0 Å². The monoisotopic (exact) mass is 333 g/mol. The van der Waals surface area contributed by atoms with E-state index in [9.17, 15) is 10.1 Å². The molecule has 1 heterocycles. The summed E-state index contributed by atoms with van der Waals surface area (Å²) < 4.78 is 0. The molecule has 0 fully saturated rings. The standard InChI is InChI=1S/C17H20ClN3O2/c1-2-3-5-10-14-11-15(16(21(22)23)17(18)20-14)19-12-13-8-6-4-7-9-13/h4,6-9,11H,2-3,5,10,12H2,1H3,(H,19,20). The first-order chi connectivity index (χ1) is 11.1. The number of nitrogens with zero attached hydrogens (tertiary/aromatic N) is 2. The molecule has 0 spiro atoms. The van der Waals surface area contributed by atoms with Crippen molar-refractivity contribution in [3.05, 3.63) is 62.9 Å². The number of nitro groups is 1. The number of halogens is 1. The van der Waals surface area contributed by atoms with Crippen molar-refractivity contribution in [1.29, 1.82) is 0 Å². The van der Waals surface area contributed by atoms with Crippen LogP contribution in [-0.4, -0.2) is 9.91 Å². The fourth-order valence-corrected chi connectivity index (χ4v) is 2.62. The van der Waals surface area contributed by atoms with Crippen LogP contribution in [-0.2, 0) is 13.0 Å². The summed E-state index contributed by atoms with van der Waals surface area (Å²) in [5.74, 6) is 0. The molecule has 0 aliphatic carbocycles. The topological polar surface area (TPSA) is 68.1 Å². The maximum Gasteiger partial charge on any atom is 0.329 e. The Bertz CT molecular complexity index is 662. The van der Waals surface area contributed by atoms with Crippen LogP contribution in [0.2, 0.25) is 5.15 Å². The molecule has 6 heteroatoms. The van der Waals surface area contributed by atoms with Crippen LogP contribution in [0.1, 0.15) is 37.4 Å². The normalized spacial score (nSPS) is 10.5. The number of unbranched alkanes of at least 4 members (excludes halogenated alkanes) is 2. The summed E-state index contributed by atoms with van der Waals surface area (Å²) in [5.41, 5.74) is 2.08. The second-order valence-corrected chi connectivity index (χ2v) is 5.71. The average molecular weight is 334 g/mol. The van der Waals surface area contributed by atoms with Crippen molar-refractivity contribution in [3.63, 3.8) is 0 Å². The van der Waals surface area contributed by atoms with Crippen LogP contribution in [0.3, 0.4) is 0 Å². The third kappa shape index (κ3) is 4.93. The lowest BCUT2D eigenvalue weighted by Gasteiger charge is -2.10. The lowest BCUT2D eigenvalue weighted by atomic mass is 10.1. The highest BCUT2D eigenvalue weighted by Gasteiger charge is 2.21. The predicted molar refractivity (Wildman–Crippen MR) is 92.9 cm³/mol. The van der Waals surface area contributed by atoms with Gasteiger partial charge in [-0.1, -0.05) is 61.7 Å². The van der Waals surface area contributed by atoms with E-state index in [2.05, 4.69) is 17.2 Å². The van der Waals surface area contributed by atoms with Crippen molar-refractivity contribution in [1.82, 2.24) is 4.98 Å². The molecule has 0 radical (unpaired) electrons. The summed E-state index contributed by atoms with van der Waals surface area (Å²) >= 11 is 6.03. The fourth-order valence-electron chi connectivity index (χ4n) is 2.34. The maximum atomic E-state index is 11.3. The Hall–Kier alpha value is -2.14. The zero-order chi connectivity index (χ0) is 16.7. The zero-order valence-electron chi connectivity index (χ0n) is 13.1. The van der Waals surface area contributed by atoms with Crippen molar-refractivity contribution in [3.8, 4) is 0 Å². The largest absolute Gasteiger partial charge is 0.375 e. The van der Waals surface area contributed by atoms with E-state index < -0.39 is 4.92 Å². The molecule has 1 aromatic heterocycles. The van der Waals surface area contributed by atoms with Gasteiger partial charge in [-0.15, -0.1) is 0 Å². The summed E-state index contributed by atoms with van der Waals surface area (Å²) in [6.45, 7) is 2.62. The lowest BCUT2D eigenvalue weighted by Crippen LogP contribution is -2.05. The number of anilines is 1. The van der Waals surface area contributed by atoms with E-state index in [4.69, 9.17) is 11.6 Å². The minimum atomic E-state index is -0.488. The van der Waals surface area contributed by atoms with Crippen LogP contribution in [0.4, 0.5) is 11.4 Å². The van der Waals surface area contributed by atoms with Gasteiger partial charge < -0.3 is 5.32 Å². The Morgan fingerprint density at radius 3 is 2.65 bits per heavy atom. The highest BCUT2D eigenvalue weighted by molar-refractivity contribution is 6.32. The fraction of sp³-hybridized carbons (Fsp3) is 0.353. The first-order valence-electron chi connectivity index (χ1n) is 7.73. The molecule has 0 aliphatic rings. The number of hydrogen-bond acceptors (Lipinski definition) is 4. The Morgan fingerprint density at radius 1 is 1.26 bits per heavy atom. The van der Waals surface area contributed by atoms with Gasteiger partial charge in [0.05, 0.1) is 4.92 Å². The van der Waals surface area contributed by atoms with Crippen molar-refractivity contribution in [2.24, 2.45) is 0 Å². The molecule has 0 unspecified atom stereocenters. The van der Waals surface area contributed by atoms with Crippen molar-refractivity contribution in [2.75, 3.05) is 5.32 Å². The number of nitrogens with one attached hydrogen (secondary N) is 1. The number of rotatable bonds is 8. The van der Waals surface area contributed by atoms with E-state index in [-0.39, 0.29) is 10.8 Å². The highest BCUT2D eigenvalue weighted by Crippen LogP contribution is 2.32. The van der Waals surface area contributed by atoms with E-state index in [0.29, 0.717) is 12.2 Å². The Labute approximate surface area is 140 Å². The van der Waals surface area contributed by atoms with Gasteiger partial charge >= 0.3 is 5.69 Å². The first kappa shape index (κ1) is 17.2. The Morgan fingerprint density at radius 2 is 2.00 bits per heavy atom. The second kappa shape index (κ2) is 8.48. The second-order valence-electron chi connectivity index (χ2n) is 5.35. The predicted octanol–water partition coefficient (Wildman–Crippen LogP) is 4.99. The van der Waals surface area contributed by atoms with Gasteiger partial charge in [-0.2, -0.15) is 0 Å². The number of aromatic nitrogens is 1. The van der Waals surface area contributed by atoms with Crippen molar-refractivity contribution >= 4 is 23.0 Å². The molecule has 0 saturated carbocycles.